The molecule has 1 aromatic carbocycles. The summed E-state index contributed by atoms with van der Waals surface area (Å²) in [6, 6.07) is 9.05. The van der Waals surface area contributed by atoms with E-state index in [1.54, 1.807) is 12.1 Å². The van der Waals surface area contributed by atoms with Gasteiger partial charge in [-0.15, -0.1) is 0 Å². The van der Waals surface area contributed by atoms with Gasteiger partial charge in [0.15, 0.2) is 12.4 Å². The number of hydrogen-bond acceptors (Lipinski definition) is 2. The van der Waals surface area contributed by atoms with Crippen LogP contribution in [0.3, 0.4) is 0 Å². The molecule has 1 aromatic heterocycles. The van der Waals surface area contributed by atoms with Crippen molar-refractivity contribution in [1.29, 1.82) is 0 Å². The largest absolute Gasteiger partial charge is 0.481 e. The molecular weight excluding hydrogens is 233 g/mol. The van der Waals surface area contributed by atoms with Gasteiger partial charge >= 0.3 is 6.18 Å². The van der Waals surface area contributed by atoms with Crippen LogP contribution < -0.4 is 4.74 Å². The molecule has 0 N–H and O–H groups in total. The summed E-state index contributed by atoms with van der Waals surface area (Å²) in [5, 5.41) is 3.91. The van der Waals surface area contributed by atoms with Gasteiger partial charge in [-0.2, -0.15) is 18.3 Å². The van der Waals surface area contributed by atoms with Gasteiger partial charge in [0.05, 0.1) is 18.1 Å². The van der Waals surface area contributed by atoms with Crippen molar-refractivity contribution in [2.24, 2.45) is 0 Å². The highest BCUT2D eigenvalue weighted by atomic mass is 19.4. The first kappa shape index (κ1) is 11.5. The molecule has 3 nitrogen and oxygen atoms in total. The molecule has 0 atom stereocenters. The molecule has 0 bridgehead atoms. The summed E-state index contributed by atoms with van der Waals surface area (Å²) in [7, 11) is 0. The lowest BCUT2D eigenvalue weighted by atomic mass is 10.3. The highest BCUT2D eigenvalue weighted by Crippen LogP contribution is 2.18. The van der Waals surface area contributed by atoms with Crippen LogP contribution in [0.5, 0.6) is 5.75 Å². The molecule has 1 heterocycles. The minimum atomic E-state index is -4.34. The summed E-state index contributed by atoms with van der Waals surface area (Å²) in [5.41, 5.74) is 0.759. The van der Waals surface area contributed by atoms with Crippen molar-refractivity contribution >= 4 is 0 Å². The number of ether oxygens (including phenoxy) is 1. The third kappa shape index (κ3) is 3.24. The van der Waals surface area contributed by atoms with E-state index >= 15 is 0 Å². The van der Waals surface area contributed by atoms with Crippen LogP contribution in [-0.4, -0.2) is 22.6 Å². The Morgan fingerprint density at radius 2 is 1.88 bits per heavy atom. The van der Waals surface area contributed by atoms with E-state index in [4.69, 9.17) is 0 Å². The first-order valence-electron chi connectivity index (χ1n) is 4.84. The molecule has 6 heteroatoms. The number of alkyl halides is 3. The molecule has 2 rings (SSSR count). The Morgan fingerprint density at radius 3 is 2.53 bits per heavy atom. The van der Waals surface area contributed by atoms with Crippen LogP contribution in [0.15, 0.2) is 42.7 Å². The van der Waals surface area contributed by atoms with E-state index < -0.39 is 12.8 Å². The van der Waals surface area contributed by atoms with Crippen LogP contribution in [0, 0.1) is 0 Å². The number of para-hydroxylation sites is 1. The fraction of sp³-hybridized carbons (Fsp3) is 0.182. The summed E-state index contributed by atoms with van der Waals surface area (Å²) >= 11 is 0. The highest BCUT2D eigenvalue weighted by Gasteiger charge is 2.28. The van der Waals surface area contributed by atoms with Gasteiger partial charge in [0.2, 0.25) is 0 Å². The molecule has 0 saturated heterocycles. The number of halogens is 3. The van der Waals surface area contributed by atoms with E-state index in [0.717, 1.165) is 5.69 Å². The molecule has 0 saturated carbocycles. The standard InChI is InChI=1S/C11H9F3N2O/c12-11(13,14)8-17-10-6-15-16(7-10)9-4-2-1-3-5-9/h1-7H,8H2. The third-order valence-corrected chi connectivity index (χ3v) is 1.98. The van der Waals surface area contributed by atoms with Gasteiger partial charge in [0.25, 0.3) is 0 Å². The van der Waals surface area contributed by atoms with E-state index in [1.807, 2.05) is 18.2 Å². The van der Waals surface area contributed by atoms with Crippen molar-refractivity contribution < 1.29 is 17.9 Å². The Hall–Kier alpha value is -1.98. The lowest BCUT2D eigenvalue weighted by molar-refractivity contribution is -0.153. The zero-order valence-electron chi connectivity index (χ0n) is 8.69. The molecule has 0 aliphatic carbocycles. The monoisotopic (exact) mass is 242 g/mol. The molecule has 0 aliphatic heterocycles. The predicted molar refractivity (Wildman–Crippen MR) is 55.1 cm³/mol. The number of aromatic nitrogens is 2. The highest BCUT2D eigenvalue weighted by molar-refractivity contribution is 5.32. The van der Waals surface area contributed by atoms with Gasteiger partial charge in [-0.3, -0.25) is 0 Å². The van der Waals surface area contributed by atoms with Gasteiger partial charge in [0, 0.05) is 0 Å². The molecule has 17 heavy (non-hydrogen) atoms. The number of benzene rings is 1. The van der Waals surface area contributed by atoms with Crippen molar-refractivity contribution in [3.8, 4) is 11.4 Å². The van der Waals surface area contributed by atoms with E-state index in [0.29, 0.717) is 0 Å². The van der Waals surface area contributed by atoms with Gasteiger partial charge in [-0.25, -0.2) is 4.68 Å². The lowest BCUT2D eigenvalue weighted by Gasteiger charge is -2.06. The average Bonchev–Trinajstić information content (AvgIpc) is 2.75. The molecule has 2 aromatic rings. The summed E-state index contributed by atoms with van der Waals surface area (Å²) < 4.78 is 41.8. The number of nitrogens with zero attached hydrogens (tertiary/aromatic N) is 2. The van der Waals surface area contributed by atoms with Gasteiger partial charge < -0.3 is 4.74 Å². The topological polar surface area (TPSA) is 27.1 Å². The number of hydrogen-bond donors (Lipinski definition) is 0. The molecule has 0 amide bonds. The Kier molecular flexibility index (Phi) is 3.03. The van der Waals surface area contributed by atoms with Gasteiger partial charge in [-0.1, -0.05) is 18.2 Å². The van der Waals surface area contributed by atoms with Gasteiger partial charge in [0.1, 0.15) is 0 Å². The SMILES string of the molecule is FC(F)(F)COc1cnn(-c2ccccc2)c1. The maximum Gasteiger partial charge on any atom is 0.422 e. The van der Waals surface area contributed by atoms with Gasteiger partial charge in [-0.05, 0) is 12.1 Å². The second-order valence-electron chi connectivity index (χ2n) is 3.36. The van der Waals surface area contributed by atoms with Crippen LogP contribution >= 0.6 is 0 Å². The van der Waals surface area contributed by atoms with Crippen LogP contribution in [-0.2, 0) is 0 Å². The molecule has 0 aliphatic rings. The first-order valence-corrected chi connectivity index (χ1v) is 4.84. The minimum absolute atomic E-state index is 0.0891. The van der Waals surface area contributed by atoms with Crippen molar-refractivity contribution in [3.63, 3.8) is 0 Å². The Morgan fingerprint density at radius 1 is 1.18 bits per heavy atom. The molecule has 0 unspecified atom stereocenters. The van der Waals surface area contributed by atoms with Crippen molar-refractivity contribution in [1.82, 2.24) is 9.78 Å². The molecule has 90 valence electrons. The van der Waals surface area contributed by atoms with Crippen LogP contribution in [0.25, 0.3) is 5.69 Å². The average molecular weight is 242 g/mol. The zero-order chi connectivity index (χ0) is 12.3. The predicted octanol–water partition coefficient (Wildman–Crippen LogP) is 2.81. The Balaban J connectivity index is 2.07. The summed E-state index contributed by atoms with van der Waals surface area (Å²) in [4.78, 5) is 0. The second-order valence-corrected chi connectivity index (χ2v) is 3.36. The normalized spacial score (nSPS) is 11.5. The first-order chi connectivity index (χ1) is 8.04. The Labute approximate surface area is 95.4 Å². The molecule has 0 fully saturated rings. The van der Waals surface area contributed by atoms with E-state index in [1.165, 1.54) is 17.1 Å². The van der Waals surface area contributed by atoms with Crippen molar-refractivity contribution in [2.45, 2.75) is 6.18 Å². The number of rotatable bonds is 3. The van der Waals surface area contributed by atoms with E-state index in [9.17, 15) is 13.2 Å². The summed E-state index contributed by atoms with van der Waals surface area (Å²) in [6.45, 7) is -1.31. The fourth-order valence-corrected chi connectivity index (χ4v) is 1.27. The zero-order valence-corrected chi connectivity index (χ0v) is 8.69. The van der Waals surface area contributed by atoms with Crippen LogP contribution in [0.4, 0.5) is 13.2 Å². The molecule has 0 spiro atoms. The second kappa shape index (κ2) is 4.48. The Bertz CT molecular complexity index is 479. The molecular formula is C11H9F3N2O. The van der Waals surface area contributed by atoms with Crippen LogP contribution in [0.2, 0.25) is 0 Å². The summed E-state index contributed by atoms with van der Waals surface area (Å²) in [6.07, 6.45) is -1.69. The summed E-state index contributed by atoms with van der Waals surface area (Å²) in [5.74, 6) is 0.0891. The minimum Gasteiger partial charge on any atom is -0.481 e. The van der Waals surface area contributed by atoms with Crippen molar-refractivity contribution in [2.75, 3.05) is 6.61 Å². The van der Waals surface area contributed by atoms with E-state index in [-0.39, 0.29) is 5.75 Å². The van der Waals surface area contributed by atoms with Crippen molar-refractivity contribution in [3.05, 3.63) is 42.7 Å². The van der Waals surface area contributed by atoms with Crippen LogP contribution in [0.1, 0.15) is 0 Å². The lowest BCUT2D eigenvalue weighted by Crippen LogP contribution is -2.18. The fourth-order valence-electron chi connectivity index (χ4n) is 1.27. The molecule has 0 radical (unpaired) electrons. The third-order valence-electron chi connectivity index (χ3n) is 1.98. The quantitative estimate of drug-likeness (QED) is 0.827. The maximum absolute atomic E-state index is 11.9. The maximum atomic E-state index is 11.9. The van der Waals surface area contributed by atoms with E-state index in [2.05, 4.69) is 9.84 Å². The smallest absolute Gasteiger partial charge is 0.422 e.